The quantitative estimate of drug-likeness (QED) is 0.797. The minimum absolute atomic E-state index is 0.196. The van der Waals surface area contributed by atoms with Gasteiger partial charge in [0.2, 0.25) is 0 Å². The van der Waals surface area contributed by atoms with Crippen LogP contribution in [0.4, 0.5) is 4.79 Å². The molecule has 1 amide bonds. The topological polar surface area (TPSA) is 67.9 Å². The van der Waals surface area contributed by atoms with Gasteiger partial charge in [0, 0.05) is 0 Å². The minimum Gasteiger partial charge on any atom is -0.461 e. The van der Waals surface area contributed by atoms with Gasteiger partial charge in [-0.1, -0.05) is 30.3 Å². The van der Waals surface area contributed by atoms with E-state index in [-0.39, 0.29) is 6.10 Å². The van der Waals surface area contributed by atoms with Crippen LogP contribution >= 0.6 is 0 Å². The fraction of sp³-hybridized carbons (Fsp3) is 0.619. The fourth-order valence-electron chi connectivity index (χ4n) is 3.19. The summed E-state index contributed by atoms with van der Waals surface area (Å²) in [6, 6.07) is 8.21. The number of piperidine rings is 1. The molecule has 6 nitrogen and oxygen atoms in total. The lowest BCUT2D eigenvalue weighted by atomic mass is 9.92. The minimum atomic E-state index is -0.894. The van der Waals surface area contributed by atoms with Crippen LogP contribution in [-0.4, -0.2) is 48.8 Å². The van der Waals surface area contributed by atoms with Crippen LogP contribution in [0.3, 0.4) is 0 Å². The number of hydrogen-bond acceptors (Lipinski definition) is 5. The number of benzene rings is 1. The van der Waals surface area contributed by atoms with Crippen molar-refractivity contribution in [1.29, 1.82) is 0 Å². The second-order valence-corrected chi connectivity index (χ2v) is 8.27. The van der Waals surface area contributed by atoms with Crippen LogP contribution in [0, 0.1) is 5.92 Å². The highest BCUT2D eigenvalue weighted by Crippen LogP contribution is 2.24. The van der Waals surface area contributed by atoms with Gasteiger partial charge in [-0.15, -0.1) is 0 Å². The van der Waals surface area contributed by atoms with Gasteiger partial charge in [0.25, 0.3) is 0 Å². The molecule has 1 aliphatic heterocycles. The van der Waals surface area contributed by atoms with Crippen molar-refractivity contribution in [3.63, 3.8) is 0 Å². The molecule has 0 spiro atoms. The lowest BCUT2D eigenvalue weighted by Crippen LogP contribution is -2.41. The third kappa shape index (κ3) is 6.86. The molecular weight excluding hydrogens is 344 g/mol. The number of carbonyl (C=O) groups excluding carboxylic acids is 2. The van der Waals surface area contributed by atoms with Crippen LogP contribution in [0.25, 0.3) is 0 Å². The second-order valence-electron chi connectivity index (χ2n) is 8.27. The summed E-state index contributed by atoms with van der Waals surface area (Å²) in [5, 5.41) is 2.66. The highest BCUT2D eigenvalue weighted by molar-refractivity contribution is 5.83. The van der Waals surface area contributed by atoms with Crippen LogP contribution in [0.1, 0.15) is 52.1 Å². The molecule has 1 aromatic rings. The number of carbonyl (C=O) groups is 2. The monoisotopic (exact) mass is 376 g/mol. The molecule has 1 saturated heterocycles. The molecule has 1 heterocycles. The van der Waals surface area contributed by atoms with Gasteiger partial charge in [0.15, 0.2) is 6.04 Å². The number of nitrogens with zero attached hydrogens (tertiary/aromatic N) is 1. The van der Waals surface area contributed by atoms with Crippen LogP contribution < -0.4 is 5.32 Å². The summed E-state index contributed by atoms with van der Waals surface area (Å²) >= 11 is 0. The summed E-state index contributed by atoms with van der Waals surface area (Å²) in [7, 11) is 2.10. The number of hydrogen-bond donors (Lipinski definition) is 1. The molecule has 1 aromatic carbocycles. The van der Waals surface area contributed by atoms with Crippen molar-refractivity contribution in [2.75, 3.05) is 20.1 Å². The third-order valence-corrected chi connectivity index (χ3v) is 4.76. The van der Waals surface area contributed by atoms with Crippen molar-refractivity contribution in [2.45, 2.75) is 58.3 Å². The van der Waals surface area contributed by atoms with E-state index in [1.165, 1.54) is 0 Å². The summed E-state index contributed by atoms with van der Waals surface area (Å²) in [4.78, 5) is 27.4. The molecule has 2 rings (SSSR count). The predicted molar refractivity (Wildman–Crippen MR) is 104 cm³/mol. The van der Waals surface area contributed by atoms with E-state index in [0.717, 1.165) is 25.9 Å². The summed E-state index contributed by atoms with van der Waals surface area (Å²) in [5.41, 5.74) is 0.0281. The van der Waals surface area contributed by atoms with Gasteiger partial charge >= 0.3 is 12.1 Å². The van der Waals surface area contributed by atoms with E-state index >= 15 is 0 Å². The Labute approximate surface area is 162 Å². The Morgan fingerprint density at radius 3 is 2.30 bits per heavy atom. The first-order chi connectivity index (χ1) is 12.7. The lowest BCUT2D eigenvalue weighted by molar-refractivity contribution is -0.154. The van der Waals surface area contributed by atoms with Crippen molar-refractivity contribution < 1.29 is 19.1 Å². The fourth-order valence-corrected chi connectivity index (χ4v) is 3.19. The molecule has 0 saturated carbocycles. The Hall–Kier alpha value is -2.08. The van der Waals surface area contributed by atoms with Crippen molar-refractivity contribution in [1.82, 2.24) is 10.2 Å². The maximum Gasteiger partial charge on any atom is 0.408 e. The zero-order valence-electron chi connectivity index (χ0n) is 17.0. The second kappa shape index (κ2) is 9.22. The summed E-state index contributed by atoms with van der Waals surface area (Å²) in [5.74, 6) is -0.124. The smallest absolute Gasteiger partial charge is 0.408 e. The first-order valence-electron chi connectivity index (χ1n) is 9.59. The van der Waals surface area contributed by atoms with E-state index in [0.29, 0.717) is 11.5 Å². The standard InChI is InChI=1S/C21H32N2O4/c1-15(16-11-13-23(5)14-12-16)26-19(24)18(17-9-7-6-8-10-17)22-20(25)27-21(2,3)4/h6-10,15-16,18H,11-14H2,1-5H3,(H,22,25). The maximum atomic E-state index is 12.9. The lowest BCUT2D eigenvalue weighted by Gasteiger charge is -2.33. The number of esters is 1. The molecule has 1 fully saturated rings. The van der Waals surface area contributed by atoms with Crippen molar-refractivity contribution in [2.24, 2.45) is 5.92 Å². The van der Waals surface area contributed by atoms with E-state index in [4.69, 9.17) is 9.47 Å². The third-order valence-electron chi connectivity index (χ3n) is 4.76. The van der Waals surface area contributed by atoms with Gasteiger partial charge in [-0.05, 0) is 72.2 Å². The van der Waals surface area contributed by atoms with Crippen LogP contribution in [-0.2, 0) is 14.3 Å². The number of alkyl carbamates (subject to hydrolysis) is 1. The Morgan fingerprint density at radius 1 is 1.15 bits per heavy atom. The van der Waals surface area contributed by atoms with Gasteiger partial charge in [0.1, 0.15) is 11.7 Å². The molecule has 1 N–H and O–H groups in total. The maximum absolute atomic E-state index is 12.9. The summed E-state index contributed by atoms with van der Waals surface area (Å²) in [6.07, 6.45) is 1.17. The molecule has 150 valence electrons. The first-order valence-corrected chi connectivity index (χ1v) is 9.59. The van der Waals surface area contributed by atoms with Gasteiger partial charge < -0.3 is 19.7 Å². The van der Waals surface area contributed by atoms with Crippen LogP contribution in [0.5, 0.6) is 0 Å². The van der Waals surface area contributed by atoms with Gasteiger partial charge in [-0.25, -0.2) is 9.59 Å². The zero-order valence-corrected chi connectivity index (χ0v) is 17.0. The van der Waals surface area contributed by atoms with Gasteiger partial charge in [-0.2, -0.15) is 0 Å². The van der Waals surface area contributed by atoms with E-state index in [2.05, 4.69) is 17.3 Å². The molecular formula is C21H32N2O4. The molecule has 0 radical (unpaired) electrons. The van der Waals surface area contributed by atoms with Crippen LogP contribution in [0.15, 0.2) is 30.3 Å². The van der Waals surface area contributed by atoms with Crippen LogP contribution in [0.2, 0.25) is 0 Å². The molecule has 0 bridgehead atoms. The Balaban J connectivity index is 2.06. The number of amides is 1. The normalized spacial score (nSPS) is 18.4. The zero-order chi connectivity index (χ0) is 20.0. The summed E-state index contributed by atoms with van der Waals surface area (Å²) in [6.45, 7) is 9.29. The predicted octanol–water partition coefficient (Wildman–Crippen LogP) is 3.53. The van der Waals surface area contributed by atoms with E-state index in [1.807, 2.05) is 25.1 Å². The van der Waals surface area contributed by atoms with Gasteiger partial charge in [0.05, 0.1) is 0 Å². The number of nitrogens with one attached hydrogen (secondary N) is 1. The molecule has 27 heavy (non-hydrogen) atoms. The van der Waals surface area contributed by atoms with E-state index < -0.39 is 23.7 Å². The van der Waals surface area contributed by atoms with Crippen molar-refractivity contribution >= 4 is 12.1 Å². The molecule has 6 heteroatoms. The van der Waals surface area contributed by atoms with E-state index in [1.54, 1.807) is 32.9 Å². The molecule has 2 unspecified atom stereocenters. The van der Waals surface area contributed by atoms with Gasteiger partial charge in [-0.3, -0.25) is 0 Å². The Bertz CT molecular complexity index is 619. The van der Waals surface area contributed by atoms with Crippen molar-refractivity contribution in [3.05, 3.63) is 35.9 Å². The average molecular weight is 376 g/mol. The number of likely N-dealkylation sites (tertiary alicyclic amines) is 1. The van der Waals surface area contributed by atoms with E-state index in [9.17, 15) is 9.59 Å². The summed E-state index contributed by atoms with van der Waals surface area (Å²) < 4.78 is 11.1. The number of ether oxygens (including phenoxy) is 2. The highest BCUT2D eigenvalue weighted by Gasteiger charge is 2.31. The Kier molecular flexibility index (Phi) is 7.25. The highest BCUT2D eigenvalue weighted by atomic mass is 16.6. The molecule has 1 aliphatic rings. The molecule has 0 aromatic heterocycles. The average Bonchev–Trinajstić information content (AvgIpc) is 2.59. The molecule has 0 aliphatic carbocycles. The largest absolute Gasteiger partial charge is 0.461 e. The SMILES string of the molecule is CC(OC(=O)C(NC(=O)OC(C)(C)C)c1ccccc1)C1CCN(C)CC1. The molecule has 2 atom stereocenters. The Morgan fingerprint density at radius 2 is 1.74 bits per heavy atom. The number of rotatable bonds is 5. The first kappa shape index (κ1) is 21.2. The van der Waals surface area contributed by atoms with Crippen molar-refractivity contribution in [3.8, 4) is 0 Å².